The van der Waals surface area contributed by atoms with E-state index >= 15 is 0 Å². The number of carbonyl (C=O) groups excluding carboxylic acids is 3. The predicted octanol–water partition coefficient (Wildman–Crippen LogP) is 7.44. The normalized spacial score (nSPS) is 23.9. The van der Waals surface area contributed by atoms with E-state index in [0.29, 0.717) is 11.1 Å². The van der Waals surface area contributed by atoms with E-state index in [-0.39, 0.29) is 62.1 Å². The fraction of sp³-hybridized carbons (Fsp3) is 0.531. The van der Waals surface area contributed by atoms with Gasteiger partial charge in [-0.2, -0.15) is 0 Å². The van der Waals surface area contributed by atoms with Crippen molar-refractivity contribution in [2.75, 3.05) is 0 Å². The van der Waals surface area contributed by atoms with Crippen LogP contribution in [0.25, 0.3) is 0 Å². The highest BCUT2D eigenvalue weighted by atomic mass is 19.3. The molecule has 2 atom stereocenters. The molecule has 3 aliphatic rings. The van der Waals surface area contributed by atoms with Crippen LogP contribution in [0.15, 0.2) is 48.5 Å². The van der Waals surface area contributed by atoms with Gasteiger partial charge in [-0.1, -0.05) is 36.4 Å². The lowest BCUT2D eigenvalue weighted by molar-refractivity contribution is -0.150. The van der Waals surface area contributed by atoms with Gasteiger partial charge in [0, 0.05) is 61.2 Å². The maximum Gasteiger partial charge on any atom is 0.248 e. The Bertz CT molecular complexity index is 1250. The first-order valence-electron chi connectivity index (χ1n) is 14.4. The minimum Gasteiger partial charge on any atom is -0.336 e. The summed E-state index contributed by atoms with van der Waals surface area (Å²) in [7, 11) is 0. The van der Waals surface area contributed by atoms with Crippen LogP contribution in [-0.4, -0.2) is 46.3 Å². The van der Waals surface area contributed by atoms with E-state index in [1.54, 1.807) is 29.2 Å². The molecule has 5 rings (SSSR count). The summed E-state index contributed by atoms with van der Waals surface area (Å²) in [4.78, 5) is 43.0. The number of hydrogen-bond acceptors (Lipinski definition) is 3. The maximum absolute atomic E-state index is 14.6. The first-order chi connectivity index (χ1) is 19.4. The van der Waals surface area contributed by atoms with Gasteiger partial charge in [0.1, 0.15) is 5.82 Å². The smallest absolute Gasteiger partial charge is 0.248 e. The molecule has 220 valence electrons. The lowest BCUT2D eigenvalue weighted by atomic mass is 9.77. The molecule has 3 aliphatic carbocycles. The van der Waals surface area contributed by atoms with Gasteiger partial charge < -0.3 is 4.90 Å². The molecule has 2 aromatic carbocycles. The third-order valence-electron chi connectivity index (χ3n) is 9.10. The van der Waals surface area contributed by atoms with Crippen LogP contribution in [0.1, 0.15) is 90.5 Å². The quantitative estimate of drug-likeness (QED) is 0.266. The summed E-state index contributed by atoms with van der Waals surface area (Å²) in [5, 5.41) is 0. The van der Waals surface area contributed by atoms with Gasteiger partial charge in [-0.3, -0.25) is 14.4 Å². The van der Waals surface area contributed by atoms with Crippen LogP contribution in [0.5, 0.6) is 0 Å². The SMILES string of the molecule is O=C1CCC([C@H](Cc2ccc(F)cc2)C(=O)N(C2CCC(F)(F)CC2)C2CCC(F)(F)CC2)C(=O)c2ccccc21. The van der Waals surface area contributed by atoms with Crippen LogP contribution in [0, 0.1) is 17.7 Å². The fourth-order valence-corrected chi connectivity index (χ4v) is 6.81. The number of benzene rings is 2. The first-order valence-corrected chi connectivity index (χ1v) is 14.4. The van der Waals surface area contributed by atoms with Crippen molar-refractivity contribution in [1.82, 2.24) is 4.90 Å². The number of ketones is 2. The van der Waals surface area contributed by atoms with E-state index < -0.39 is 73.2 Å². The molecule has 0 saturated heterocycles. The Balaban J connectivity index is 1.53. The molecule has 0 bridgehead atoms. The molecule has 0 aromatic heterocycles. The van der Waals surface area contributed by atoms with Crippen LogP contribution in [0.3, 0.4) is 0 Å². The Hall–Kier alpha value is -3.10. The molecular weight excluding hydrogens is 541 g/mol. The Labute approximate surface area is 236 Å². The Kier molecular flexibility index (Phi) is 8.35. The summed E-state index contributed by atoms with van der Waals surface area (Å²) in [6.07, 6.45) is -1.25. The van der Waals surface area contributed by atoms with Gasteiger partial charge in [-0.05, 0) is 56.2 Å². The van der Waals surface area contributed by atoms with Crippen molar-refractivity contribution in [3.63, 3.8) is 0 Å². The van der Waals surface area contributed by atoms with E-state index in [2.05, 4.69) is 0 Å². The number of fused-ring (bicyclic) bond motifs is 1. The highest BCUT2D eigenvalue weighted by Gasteiger charge is 2.47. The van der Waals surface area contributed by atoms with Gasteiger partial charge >= 0.3 is 0 Å². The molecular formula is C32H34F5NO3. The zero-order chi connectivity index (χ0) is 29.4. The second kappa shape index (κ2) is 11.6. The monoisotopic (exact) mass is 575 g/mol. The highest BCUT2D eigenvalue weighted by molar-refractivity contribution is 6.12. The second-order valence-electron chi connectivity index (χ2n) is 11.8. The number of alkyl halides is 4. The van der Waals surface area contributed by atoms with Crippen molar-refractivity contribution in [1.29, 1.82) is 0 Å². The summed E-state index contributed by atoms with van der Waals surface area (Å²) >= 11 is 0. The van der Waals surface area contributed by atoms with E-state index in [4.69, 9.17) is 0 Å². The van der Waals surface area contributed by atoms with Gasteiger partial charge in [0.05, 0.1) is 5.92 Å². The molecule has 0 radical (unpaired) electrons. The van der Waals surface area contributed by atoms with Gasteiger partial charge in [-0.15, -0.1) is 0 Å². The number of rotatable bonds is 6. The number of Topliss-reactive ketones (excluding diaryl/α,β-unsaturated/α-hetero) is 2. The lowest BCUT2D eigenvalue weighted by Gasteiger charge is -2.46. The first kappa shape index (κ1) is 29.4. The predicted molar refractivity (Wildman–Crippen MR) is 143 cm³/mol. The summed E-state index contributed by atoms with van der Waals surface area (Å²) < 4.78 is 70.2. The van der Waals surface area contributed by atoms with Gasteiger partial charge in [0.25, 0.3) is 0 Å². The van der Waals surface area contributed by atoms with Crippen molar-refractivity contribution < 1.29 is 36.3 Å². The van der Waals surface area contributed by atoms with Gasteiger partial charge in [0.2, 0.25) is 17.8 Å². The zero-order valence-electron chi connectivity index (χ0n) is 22.8. The summed E-state index contributed by atoms with van der Waals surface area (Å²) in [5.41, 5.74) is 1.14. The van der Waals surface area contributed by atoms with Crippen LogP contribution >= 0.6 is 0 Å². The van der Waals surface area contributed by atoms with Crippen LogP contribution in [-0.2, 0) is 11.2 Å². The molecule has 1 amide bonds. The molecule has 2 aromatic rings. The van der Waals surface area contributed by atoms with Crippen LogP contribution < -0.4 is 0 Å². The number of hydrogen-bond donors (Lipinski definition) is 0. The molecule has 9 heteroatoms. The molecule has 0 heterocycles. The zero-order valence-corrected chi connectivity index (χ0v) is 22.8. The minimum atomic E-state index is -2.85. The minimum absolute atomic E-state index is 0.0365. The van der Waals surface area contributed by atoms with Crippen LogP contribution in [0.4, 0.5) is 22.0 Å². The molecule has 0 spiro atoms. The number of amides is 1. The Morgan fingerprint density at radius 2 is 1.29 bits per heavy atom. The average molecular weight is 576 g/mol. The van der Waals surface area contributed by atoms with E-state index in [0.717, 1.165) is 0 Å². The third kappa shape index (κ3) is 6.54. The second-order valence-corrected chi connectivity index (χ2v) is 11.8. The topological polar surface area (TPSA) is 54.5 Å². The van der Waals surface area contributed by atoms with Crippen molar-refractivity contribution in [3.8, 4) is 0 Å². The Morgan fingerprint density at radius 1 is 0.780 bits per heavy atom. The summed E-state index contributed by atoms with van der Waals surface area (Å²) in [6.45, 7) is 0. The Morgan fingerprint density at radius 3 is 1.83 bits per heavy atom. The molecule has 4 nitrogen and oxygen atoms in total. The average Bonchev–Trinajstić information content (AvgIpc) is 3.06. The third-order valence-corrected chi connectivity index (χ3v) is 9.10. The maximum atomic E-state index is 14.6. The van der Waals surface area contributed by atoms with Crippen LogP contribution in [0.2, 0.25) is 0 Å². The van der Waals surface area contributed by atoms with Gasteiger partial charge in [0.15, 0.2) is 11.6 Å². The lowest BCUT2D eigenvalue weighted by Crippen LogP contribution is -2.55. The van der Waals surface area contributed by atoms with Crippen molar-refractivity contribution in [2.24, 2.45) is 11.8 Å². The van der Waals surface area contributed by atoms with E-state index in [1.165, 1.54) is 24.3 Å². The molecule has 2 fully saturated rings. The molecule has 0 aliphatic heterocycles. The van der Waals surface area contributed by atoms with E-state index in [9.17, 15) is 36.3 Å². The standard InChI is InChI=1S/C32H34F5NO3/c33-21-7-5-20(6-8-21)19-27(26-9-10-28(39)24-3-1-2-4-25(24)29(26)40)30(41)38(22-11-15-31(34,35)16-12-22)23-13-17-32(36,37)18-14-23/h1-8,22-23,26-27H,9-19H2/t26?,27-/m0/s1. The van der Waals surface area contributed by atoms with Gasteiger partial charge in [-0.25, -0.2) is 22.0 Å². The molecule has 2 saturated carbocycles. The van der Waals surface area contributed by atoms with Crippen molar-refractivity contribution in [3.05, 3.63) is 71.0 Å². The molecule has 1 unspecified atom stereocenters. The van der Waals surface area contributed by atoms with Crippen molar-refractivity contribution in [2.45, 2.75) is 94.6 Å². The van der Waals surface area contributed by atoms with Crippen molar-refractivity contribution >= 4 is 17.5 Å². The summed E-state index contributed by atoms with van der Waals surface area (Å²) in [5.74, 6) is -9.02. The summed E-state index contributed by atoms with van der Waals surface area (Å²) in [6, 6.07) is 10.9. The largest absolute Gasteiger partial charge is 0.336 e. The molecule has 0 N–H and O–H groups in total. The van der Waals surface area contributed by atoms with E-state index in [1.807, 2.05) is 0 Å². The number of halogens is 5. The fourth-order valence-electron chi connectivity index (χ4n) is 6.81. The molecule has 41 heavy (non-hydrogen) atoms. The highest BCUT2D eigenvalue weighted by Crippen LogP contribution is 2.42. The number of carbonyl (C=O) groups is 3. The number of nitrogens with zero attached hydrogens (tertiary/aromatic N) is 1.